The third-order valence-electron chi connectivity index (χ3n) is 5.21. The number of carbonyl (C=O) groups excluding carboxylic acids is 1. The van der Waals surface area contributed by atoms with Crippen LogP contribution in [0.25, 0.3) is 6.08 Å². The van der Waals surface area contributed by atoms with Gasteiger partial charge in [0.15, 0.2) is 16.6 Å². The zero-order valence-corrected chi connectivity index (χ0v) is 21.0. The molecule has 0 aromatic heterocycles. The van der Waals surface area contributed by atoms with E-state index in [9.17, 15) is 9.18 Å². The molecule has 1 aliphatic heterocycles. The van der Waals surface area contributed by atoms with Crippen molar-refractivity contribution in [3.05, 3.63) is 93.8 Å². The Morgan fingerprint density at radius 2 is 1.76 bits per heavy atom. The minimum Gasteiger partial charge on any atom is -0.490 e. The van der Waals surface area contributed by atoms with Crippen LogP contribution in [0.4, 0.5) is 10.1 Å². The van der Waals surface area contributed by atoms with Crippen LogP contribution in [0.5, 0.6) is 11.5 Å². The standard InChI is InChI=1S/C26H22BrFN2O3S/c1-3-32-23-15-18(13-21(27)24(23)33-16-17-9-11-19(28)12-10-17)14-22-25(31)30(26(34)29(22)2)20-7-5-4-6-8-20/h4-15H,3,16H2,1-2H3/b22-14-. The van der Waals surface area contributed by atoms with Gasteiger partial charge in [0.1, 0.15) is 18.1 Å². The minimum atomic E-state index is -0.297. The third kappa shape index (κ3) is 4.98. The molecule has 0 aliphatic carbocycles. The Balaban J connectivity index is 1.63. The Labute approximate surface area is 211 Å². The van der Waals surface area contributed by atoms with Crippen LogP contribution >= 0.6 is 28.1 Å². The van der Waals surface area contributed by atoms with Crippen molar-refractivity contribution in [2.24, 2.45) is 0 Å². The molecule has 8 heteroatoms. The van der Waals surface area contributed by atoms with E-state index >= 15 is 0 Å². The zero-order valence-electron chi connectivity index (χ0n) is 18.6. The summed E-state index contributed by atoms with van der Waals surface area (Å²) in [4.78, 5) is 16.4. The van der Waals surface area contributed by atoms with E-state index in [0.717, 1.165) is 11.1 Å². The highest BCUT2D eigenvalue weighted by atomic mass is 79.9. The van der Waals surface area contributed by atoms with E-state index in [2.05, 4.69) is 15.9 Å². The lowest BCUT2D eigenvalue weighted by molar-refractivity contribution is -0.114. The molecule has 0 N–H and O–H groups in total. The fraction of sp³-hybridized carbons (Fsp3) is 0.154. The summed E-state index contributed by atoms with van der Waals surface area (Å²) < 4.78 is 25.6. The summed E-state index contributed by atoms with van der Waals surface area (Å²) in [5, 5.41) is 0.408. The number of ether oxygens (including phenoxy) is 2. The highest BCUT2D eigenvalue weighted by molar-refractivity contribution is 9.10. The number of anilines is 1. The molecule has 0 radical (unpaired) electrons. The number of hydrogen-bond donors (Lipinski definition) is 0. The number of thiocarbonyl (C=S) groups is 1. The molecule has 1 fully saturated rings. The van der Waals surface area contributed by atoms with Gasteiger partial charge in [-0.05, 0) is 88.7 Å². The average molecular weight is 541 g/mol. The van der Waals surface area contributed by atoms with Crippen molar-refractivity contribution >= 4 is 50.9 Å². The van der Waals surface area contributed by atoms with Gasteiger partial charge in [0.2, 0.25) is 0 Å². The number of para-hydroxylation sites is 1. The fourth-order valence-electron chi connectivity index (χ4n) is 3.53. The third-order valence-corrected chi connectivity index (χ3v) is 6.25. The molecule has 5 nitrogen and oxygen atoms in total. The first-order valence-corrected chi connectivity index (χ1v) is 11.8. The van der Waals surface area contributed by atoms with Crippen LogP contribution in [-0.2, 0) is 11.4 Å². The fourth-order valence-corrected chi connectivity index (χ4v) is 4.39. The molecule has 0 spiro atoms. The molecule has 0 saturated carbocycles. The first kappa shape index (κ1) is 23.9. The number of likely N-dealkylation sites (N-methyl/N-ethyl adjacent to an activating group) is 1. The van der Waals surface area contributed by atoms with E-state index in [4.69, 9.17) is 21.7 Å². The summed E-state index contributed by atoms with van der Waals surface area (Å²) in [5.41, 5.74) is 2.74. The minimum absolute atomic E-state index is 0.204. The van der Waals surface area contributed by atoms with E-state index in [-0.39, 0.29) is 18.3 Å². The van der Waals surface area contributed by atoms with Crippen LogP contribution in [-0.4, -0.2) is 29.6 Å². The van der Waals surface area contributed by atoms with E-state index in [1.165, 1.54) is 17.0 Å². The highest BCUT2D eigenvalue weighted by Gasteiger charge is 2.36. The Kier molecular flexibility index (Phi) is 7.29. The summed E-state index contributed by atoms with van der Waals surface area (Å²) in [7, 11) is 1.77. The Morgan fingerprint density at radius 3 is 2.44 bits per heavy atom. The second-order valence-corrected chi connectivity index (χ2v) is 8.74. The quantitative estimate of drug-likeness (QED) is 0.265. The molecular formula is C26H22BrFN2O3S. The van der Waals surface area contributed by atoms with Crippen LogP contribution in [0.2, 0.25) is 0 Å². The SMILES string of the molecule is CCOc1cc(/C=C2/C(=O)N(c3ccccc3)C(=S)N2C)cc(Br)c1OCc1ccc(F)cc1. The van der Waals surface area contributed by atoms with Gasteiger partial charge in [-0.25, -0.2) is 4.39 Å². The maximum Gasteiger partial charge on any atom is 0.281 e. The van der Waals surface area contributed by atoms with Crippen LogP contribution in [0.3, 0.4) is 0 Å². The largest absolute Gasteiger partial charge is 0.490 e. The molecule has 1 heterocycles. The molecule has 4 rings (SSSR count). The van der Waals surface area contributed by atoms with Crippen LogP contribution in [0.1, 0.15) is 18.1 Å². The van der Waals surface area contributed by atoms with E-state index in [0.29, 0.717) is 39.1 Å². The molecule has 1 saturated heterocycles. The van der Waals surface area contributed by atoms with E-state index in [1.54, 1.807) is 30.2 Å². The molecule has 34 heavy (non-hydrogen) atoms. The maximum absolute atomic E-state index is 13.2. The van der Waals surface area contributed by atoms with Crippen molar-refractivity contribution in [3.63, 3.8) is 0 Å². The van der Waals surface area contributed by atoms with Gasteiger partial charge >= 0.3 is 0 Å². The van der Waals surface area contributed by atoms with Crippen molar-refractivity contribution in [1.29, 1.82) is 0 Å². The number of amides is 1. The molecule has 0 unspecified atom stereocenters. The van der Waals surface area contributed by atoms with Crippen molar-refractivity contribution in [1.82, 2.24) is 4.90 Å². The lowest BCUT2D eigenvalue weighted by Gasteiger charge is -2.16. The zero-order chi connectivity index (χ0) is 24.2. The molecule has 1 amide bonds. The normalized spacial score (nSPS) is 14.8. The van der Waals surface area contributed by atoms with Gasteiger partial charge in [0.05, 0.1) is 16.8 Å². The second kappa shape index (κ2) is 10.4. The van der Waals surface area contributed by atoms with Gasteiger partial charge in [-0.1, -0.05) is 30.3 Å². The van der Waals surface area contributed by atoms with Gasteiger partial charge in [0, 0.05) is 7.05 Å². The monoisotopic (exact) mass is 540 g/mol. The maximum atomic E-state index is 13.2. The topological polar surface area (TPSA) is 42.0 Å². The lowest BCUT2D eigenvalue weighted by Crippen LogP contribution is -2.30. The Hall–Kier alpha value is -3.23. The first-order chi connectivity index (χ1) is 16.4. The van der Waals surface area contributed by atoms with Gasteiger partial charge in [-0.2, -0.15) is 0 Å². The summed E-state index contributed by atoms with van der Waals surface area (Å²) in [6.45, 7) is 2.57. The molecule has 0 atom stereocenters. The van der Waals surface area contributed by atoms with E-state index in [1.807, 2.05) is 49.4 Å². The van der Waals surface area contributed by atoms with Crippen LogP contribution in [0.15, 0.2) is 76.9 Å². The van der Waals surface area contributed by atoms with Gasteiger partial charge in [-0.15, -0.1) is 0 Å². The number of carbonyl (C=O) groups is 1. The summed E-state index contributed by atoms with van der Waals surface area (Å²) in [5.74, 6) is 0.556. The molecule has 0 bridgehead atoms. The molecule has 1 aliphatic rings. The molecule has 174 valence electrons. The first-order valence-electron chi connectivity index (χ1n) is 10.6. The summed E-state index contributed by atoms with van der Waals surface area (Å²) >= 11 is 9.10. The van der Waals surface area contributed by atoms with Crippen molar-refractivity contribution in [3.8, 4) is 11.5 Å². The average Bonchev–Trinajstić information content (AvgIpc) is 3.03. The lowest BCUT2D eigenvalue weighted by atomic mass is 10.1. The molecule has 3 aromatic rings. The van der Waals surface area contributed by atoms with Gasteiger partial charge in [-0.3, -0.25) is 9.69 Å². The number of benzene rings is 3. The summed E-state index contributed by atoms with van der Waals surface area (Å²) in [6, 6.07) is 19.1. The molecule has 3 aromatic carbocycles. The second-order valence-electron chi connectivity index (χ2n) is 7.53. The number of rotatable bonds is 7. The highest BCUT2D eigenvalue weighted by Crippen LogP contribution is 2.39. The van der Waals surface area contributed by atoms with Gasteiger partial charge < -0.3 is 14.4 Å². The van der Waals surface area contributed by atoms with Crippen molar-refractivity contribution < 1.29 is 18.7 Å². The smallest absolute Gasteiger partial charge is 0.281 e. The van der Waals surface area contributed by atoms with Crippen LogP contribution in [0, 0.1) is 5.82 Å². The van der Waals surface area contributed by atoms with Crippen molar-refractivity contribution in [2.45, 2.75) is 13.5 Å². The van der Waals surface area contributed by atoms with Crippen LogP contribution < -0.4 is 14.4 Å². The number of hydrogen-bond acceptors (Lipinski definition) is 4. The predicted molar refractivity (Wildman–Crippen MR) is 138 cm³/mol. The van der Waals surface area contributed by atoms with Crippen molar-refractivity contribution in [2.75, 3.05) is 18.6 Å². The Morgan fingerprint density at radius 1 is 1.06 bits per heavy atom. The predicted octanol–water partition coefficient (Wildman–Crippen LogP) is 6.17. The number of halogens is 2. The summed E-state index contributed by atoms with van der Waals surface area (Å²) in [6.07, 6.45) is 1.77. The Bertz CT molecular complexity index is 1250. The molecular weight excluding hydrogens is 519 g/mol. The number of nitrogens with zero attached hydrogens (tertiary/aromatic N) is 2. The van der Waals surface area contributed by atoms with Gasteiger partial charge in [0.25, 0.3) is 5.91 Å². The van der Waals surface area contributed by atoms with E-state index < -0.39 is 0 Å².